The number of hydrogen-bond acceptors (Lipinski definition) is 4. The average Bonchev–Trinajstić information content (AvgIpc) is 2.65. The lowest BCUT2D eigenvalue weighted by Gasteiger charge is -2.26. The first-order chi connectivity index (χ1) is 12.5. The van der Waals surface area contributed by atoms with Crippen LogP contribution in [0.4, 0.5) is 0 Å². The summed E-state index contributed by atoms with van der Waals surface area (Å²) in [6, 6.07) is 13.6. The molecule has 2 aromatic carbocycles. The fourth-order valence-corrected chi connectivity index (χ4v) is 2.72. The van der Waals surface area contributed by atoms with Gasteiger partial charge in [-0.3, -0.25) is 4.79 Å². The summed E-state index contributed by atoms with van der Waals surface area (Å²) >= 11 is 0. The van der Waals surface area contributed by atoms with E-state index in [1.165, 1.54) is 5.56 Å². The smallest absolute Gasteiger partial charge is 0.258 e. The van der Waals surface area contributed by atoms with E-state index >= 15 is 0 Å². The Balaban J connectivity index is 1.47. The van der Waals surface area contributed by atoms with Crippen molar-refractivity contribution in [3.05, 3.63) is 53.6 Å². The summed E-state index contributed by atoms with van der Waals surface area (Å²) in [6.45, 7) is 7.00. The Morgan fingerprint density at radius 3 is 2.77 bits per heavy atom. The molecule has 1 amide bonds. The number of amides is 1. The van der Waals surface area contributed by atoms with Crippen molar-refractivity contribution in [2.75, 3.05) is 19.8 Å². The molecule has 0 saturated carbocycles. The van der Waals surface area contributed by atoms with Gasteiger partial charge in [-0.2, -0.15) is 0 Å². The maximum Gasteiger partial charge on any atom is 0.258 e. The van der Waals surface area contributed by atoms with E-state index in [2.05, 4.69) is 25.2 Å². The number of rotatable bonds is 6. The van der Waals surface area contributed by atoms with E-state index in [4.69, 9.17) is 14.2 Å². The Bertz CT molecular complexity index is 772. The van der Waals surface area contributed by atoms with E-state index in [-0.39, 0.29) is 18.6 Å². The van der Waals surface area contributed by atoms with Gasteiger partial charge in [0.05, 0.1) is 6.54 Å². The minimum atomic E-state index is -0.208. The molecule has 5 nitrogen and oxygen atoms in total. The van der Waals surface area contributed by atoms with Crippen molar-refractivity contribution in [3.8, 4) is 17.2 Å². The molecule has 0 bridgehead atoms. The quantitative estimate of drug-likeness (QED) is 0.862. The molecule has 0 spiro atoms. The maximum atomic E-state index is 12.1. The molecule has 1 unspecified atom stereocenters. The van der Waals surface area contributed by atoms with Crippen molar-refractivity contribution in [1.29, 1.82) is 0 Å². The number of carbonyl (C=O) groups excluding carboxylic acids is 1. The first-order valence-electron chi connectivity index (χ1n) is 8.91. The van der Waals surface area contributed by atoms with Crippen LogP contribution in [0.25, 0.3) is 0 Å². The number of carbonyl (C=O) groups is 1. The van der Waals surface area contributed by atoms with Gasteiger partial charge < -0.3 is 19.5 Å². The summed E-state index contributed by atoms with van der Waals surface area (Å²) in [7, 11) is 0. The fraction of sp³-hybridized carbons (Fsp3) is 0.381. The van der Waals surface area contributed by atoms with Gasteiger partial charge in [-0.25, -0.2) is 0 Å². The van der Waals surface area contributed by atoms with Crippen LogP contribution in [0.15, 0.2) is 42.5 Å². The highest BCUT2D eigenvalue weighted by Crippen LogP contribution is 2.30. The molecule has 0 aromatic heterocycles. The van der Waals surface area contributed by atoms with Crippen molar-refractivity contribution in [2.45, 2.75) is 32.8 Å². The molecule has 1 heterocycles. The lowest BCUT2D eigenvalue weighted by Crippen LogP contribution is -2.42. The van der Waals surface area contributed by atoms with Crippen LogP contribution < -0.4 is 19.5 Å². The van der Waals surface area contributed by atoms with E-state index in [1.54, 1.807) is 0 Å². The van der Waals surface area contributed by atoms with Gasteiger partial charge in [-0.15, -0.1) is 0 Å². The zero-order chi connectivity index (χ0) is 18.5. The summed E-state index contributed by atoms with van der Waals surface area (Å²) in [6.07, 6.45) is -0.208. The molecule has 1 aliphatic rings. The highest BCUT2D eigenvalue weighted by atomic mass is 16.6. The fourth-order valence-electron chi connectivity index (χ4n) is 2.72. The lowest BCUT2D eigenvalue weighted by atomic mass is 10.0. The predicted octanol–water partition coefficient (Wildman–Crippen LogP) is 3.45. The summed E-state index contributed by atoms with van der Waals surface area (Å²) < 4.78 is 17.2. The molecule has 5 heteroatoms. The van der Waals surface area contributed by atoms with Gasteiger partial charge in [-0.05, 0) is 42.2 Å². The Morgan fingerprint density at radius 2 is 2.00 bits per heavy atom. The number of benzene rings is 2. The normalized spacial score (nSPS) is 15.6. The second-order valence-electron chi connectivity index (χ2n) is 6.77. The maximum absolute atomic E-state index is 12.1. The number of hydrogen-bond donors (Lipinski definition) is 1. The van der Waals surface area contributed by atoms with Gasteiger partial charge in [0.25, 0.3) is 5.91 Å². The van der Waals surface area contributed by atoms with Crippen LogP contribution in [0.3, 0.4) is 0 Å². The van der Waals surface area contributed by atoms with Gasteiger partial charge in [0.2, 0.25) is 0 Å². The topological polar surface area (TPSA) is 56.8 Å². The predicted molar refractivity (Wildman–Crippen MR) is 100 cm³/mol. The second kappa shape index (κ2) is 8.13. The number of para-hydroxylation sites is 2. The molecule has 138 valence electrons. The van der Waals surface area contributed by atoms with Crippen LogP contribution in [-0.2, 0) is 4.79 Å². The second-order valence-corrected chi connectivity index (χ2v) is 6.77. The minimum absolute atomic E-state index is 0.0213. The van der Waals surface area contributed by atoms with Gasteiger partial charge in [0, 0.05) is 0 Å². The summed E-state index contributed by atoms with van der Waals surface area (Å²) in [5.74, 6) is 2.42. The van der Waals surface area contributed by atoms with Crippen molar-refractivity contribution in [1.82, 2.24) is 5.32 Å². The summed E-state index contributed by atoms with van der Waals surface area (Å²) in [5, 5.41) is 2.84. The number of aryl methyl sites for hydroxylation is 1. The average molecular weight is 355 g/mol. The van der Waals surface area contributed by atoms with Gasteiger partial charge in [-0.1, -0.05) is 38.1 Å². The molecule has 0 saturated heterocycles. The molecule has 3 rings (SSSR count). The zero-order valence-electron chi connectivity index (χ0n) is 15.5. The Labute approximate surface area is 154 Å². The molecule has 1 aliphatic heterocycles. The van der Waals surface area contributed by atoms with E-state index in [0.29, 0.717) is 24.8 Å². The summed E-state index contributed by atoms with van der Waals surface area (Å²) in [4.78, 5) is 12.1. The van der Waals surface area contributed by atoms with Gasteiger partial charge >= 0.3 is 0 Å². The molecule has 1 N–H and O–H groups in total. The van der Waals surface area contributed by atoms with Crippen molar-refractivity contribution in [2.24, 2.45) is 0 Å². The van der Waals surface area contributed by atoms with E-state index in [1.807, 2.05) is 43.3 Å². The van der Waals surface area contributed by atoms with Gasteiger partial charge in [0.1, 0.15) is 18.5 Å². The molecule has 26 heavy (non-hydrogen) atoms. The molecule has 2 aromatic rings. The first-order valence-corrected chi connectivity index (χ1v) is 8.91. The van der Waals surface area contributed by atoms with Crippen LogP contribution in [-0.4, -0.2) is 31.8 Å². The third kappa shape index (κ3) is 4.48. The lowest BCUT2D eigenvalue weighted by molar-refractivity contribution is -0.123. The monoisotopic (exact) mass is 355 g/mol. The largest absolute Gasteiger partial charge is 0.486 e. The highest BCUT2D eigenvalue weighted by molar-refractivity contribution is 5.77. The van der Waals surface area contributed by atoms with Crippen LogP contribution in [0.5, 0.6) is 17.2 Å². The van der Waals surface area contributed by atoms with Crippen LogP contribution in [0.2, 0.25) is 0 Å². The standard InChI is InChI=1S/C21H25NO4/c1-14(2)16-9-8-15(3)20(10-16)25-13-21(23)22-11-17-12-24-18-6-4-5-7-19(18)26-17/h4-10,14,17H,11-13H2,1-3H3,(H,22,23). The molecule has 1 atom stereocenters. The zero-order valence-corrected chi connectivity index (χ0v) is 15.5. The van der Waals surface area contributed by atoms with Crippen molar-refractivity contribution >= 4 is 5.91 Å². The van der Waals surface area contributed by atoms with E-state index in [9.17, 15) is 4.79 Å². The first kappa shape index (κ1) is 18.1. The third-order valence-corrected chi connectivity index (χ3v) is 4.33. The Morgan fingerprint density at radius 1 is 1.23 bits per heavy atom. The number of fused-ring (bicyclic) bond motifs is 1. The number of nitrogens with one attached hydrogen (secondary N) is 1. The Hall–Kier alpha value is -2.69. The molecular weight excluding hydrogens is 330 g/mol. The number of ether oxygens (including phenoxy) is 3. The SMILES string of the molecule is Cc1ccc(C(C)C)cc1OCC(=O)NCC1COc2ccccc2O1. The van der Waals surface area contributed by atoms with Crippen molar-refractivity contribution in [3.63, 3.8) is 0 Å². The highest BCUT2D eigenvalue weighted by Gasteiger charge is 2.21. The molecule has 0 fully saturated rings. The molecule has 0 aliphatic carbocycles. The van der Waals surface area contributed by atoms with E-state index in [0.717, 1.165) is 17.1 Å². The van der Waals surface area contributed by atoms with Crippen LogP contribution >= 0.6 is 0 Å². The van der Waals surface area contributed by atoms with E-state index < -0.39 is 0 Å². The minimum Gasteiger partial charge on any atom is -0.486 e. The van der Waals surface area contributed by atoms with Crippen LogP contribution in [0.1, 0.15) is 30.9 Å². The molecule has 0 radical (unpaired) electrons. The third-order valence-electron chi connectivity index (χ3n) is 4.33. The van der Waals surface area contributed by atoms with Crippen molar-refractivity contribution < 1.29 is 19.0 Å². The summed E-state index contributed by atoms with van der Waals surface area (Å²) in [5.41, 5.74) is 2.21. The van der Waals surface area contributed by atoms with Crippen LogP contribution in [0, 0.1) is 6.92 Å². The van der Waals surface area contributed by atoms with Gasteiger partial charge in [0.15, 0.2) is 18.1 Å². The molecular formula is C21H25NO4. The Kier molecular flexibility index (Phi) is 5.66.